The molecule has 0 fully saturated rings. The van der Waals surface area contributed by atoms with Crippen molar-refractivity contribution in [3.05, 3.63) is 60.2 Å². The van der Waals surface area contributed by atoms with Crippen LogP contribution >= 0.6 is 0 Å². The summed E-state index contributed by atoms with van der Waals surface area (Å²) in [6, 6.07) is 10.1. The molecule has 4 nitrogen and oxygen atoms in total. The highest BCUT2D eigenvalue weighted by atomic mass is 19.4. The van der Waals surface area contributed by atoms with Crippen LogP contribution in [0.1, 0.15) is 11.4 Å². The SMILES string of the molecule is FC(F)(F)c1nc(NCc2ccncc2)c2ccccc2n1. The van der Waals surface area contributed by atoms with Crippen molar-refractivity contribution in [1.82, 2.24) is 15.0 Å². The zero-order chi connectivity index (χ0) is 15.6. The number of para-hydroxylation sites is 1. The van der Waals surface area contributed by atoms with Crippen molar-refractivity contribution < 1.29 is 13.2 Å². The van der Waals surface area contributed by atoms with E-state index >= 15 is 0 Å². The molecule has 0 unspecified atom stereocenters. The molecule has 3 aromatic rings. The Labute approximate surface area is 124 Å². The van der Waals surface area contributed by atoms with E-state index in [1.54, 1.807) is 42.7 Å². The maximum Gasteiger partial charge on any atom is 0.451 e. The average Bonchev–Trinajstić information content (AvgIpc) is 2.52. The van der Waals surface area contributed by atoms with E-state index in [9.17, 15) is 13.2 Å². The summed E-state index contributed by atoms with van der Waals surface area (Å²) in [4.78, 5) is 11.1. The van der Waals surface area contributed by atoms with Gasteiger partial charge in [0, 0.05) is 24.3 Å². The molecule has 0 bridgehead atoms. The van der Waals surface area contributed by atoms with Crippen molar-refractivity contribution in [2.45, 2.75) is 12.7 Å². The zero-order valence-electron chi connectivity index (χ0n) is 11.3. The normalized spacial score (nSPS) is 11.6. The fraction of sp³-hybridized carbons (Fsp3) is 0.133. The third-order valence-electron chi connectivity index (χ3n) is 3.07. The summed E-state index contributed by atoms with van der Waals surface area (Å²) in [5, 5.41) is 3.48. The van der Waals surface area contributed by atoms with Crippen LogP contribution in [0.3, 0.4) is 0 Å². The van der Waals surface area contributed by atoms with Crippen molar-refractivity contribution in [3.63, 3.8) is 0 Å². The molecule has 0 aliphatic heterocycles. The molecule has 0 amide bonds. The quantitative estimate of drug-likeness (QED) is 0.802. The number of halogens is 3. The van der Waals surface area contributed by atoms with E-state index in [-0.39, 0.29) is 11.3 Å². The van der Waals surface area contributed by atoms with Crippen molar-refractivity contribution in [2.75, 3.05) is 5.32 Å². The Morgan fingerprint density at radius 3 is 2.41 bits per heavy atom. The standard InChI is InChI=1S/C15H11F3N4/c16-15(17,18)14-21-12-4-2-1-3-11(12)13(22-14)20-9-10-5-7-19-8-6-10/h1-8H,9H2,(H,20,21,22). The van der Waals surface area contributed by atoms with Crippen molar-refractivity contribution >= 4 is 16.7 Å². The largest absolute Gasteiger partial charge is 0.451 e. The first kappa shape index (κ1) is 14.2. The van der Waals surface area contributed by atoms with Crippen LogP contribution in [0.15, 0.2) is 48.8 Å². The Bertz CT molecular complexity index is 788. The van der Waals surface area contributed by atoms with E-state index in [1.807, 2.05) is 0 Å². The number of rotatable bonds is 3. The van der Waals surface area contributed by atoms with Gasteiger partial charge in [-0.1, -0.05) is 12.1 Å². The third kappa shape index (κ3) is 2.98. The number of aromatic nitrogens is 3. The monoisotopic (exact) mass is 304 g/mol. The molecule has 0 saturated carbocycles. The molecule has 0 radical (unpaired) electrons. The van der Waals surface area contributed by atoms with Crippen molar-refractivity contribution in [2.24, 2.45) is 0 Å². The van der Waals surface area contributed by atoms with E-state index in [2.05, 4.69) is 20.3 Å². The van der Waals surface area contributed by atoms with E-state index in [0.29, 0.717) is 11.9 Å². The predicted octanol–water partition coefficient (Wildman–Crippen LogP) is 3.66. The molecule has 0 aliphatic carbocycles. The first-order valence-corrected chi connectivity index (χ1v) is 6.51. The van der Waals surface area contributed by atoms with Gasteiger partial charge >= 0.3 is 6.18 Å². The number of nitrogens with zero attached hydrogens (tertiary/aromatic N) is 3. The highest BCUT2D eigenvalue weighted by Crippen LogP contribution is 2.30. The molecule has 2 aromatic heterocycles. The van der Waals surface area contributed by atoms with Crippen LogP contribution in [0.4, 0.5) is 19.0 Å². The second-order valence-electron chi connectivity index (χ2n) is 4.62. The topological polar surface area (TPSA) is 50.7 Å². The Morgan fingerprint density at radius 1 is 0.955 bits per heavy atom. The summed E-state index contributed by atoms with van der Waals surface area (Å²) in [6.45, 7) is 0.348. The van der Waals surface area contributed by atoms with Gasteiger partial charge in [-0.05, 0) is 29.8 Å². The summed E-state index contributed by atoms with van der Waals surface area (Å²) in [6.07, 6.45) is -1.34. The molecule has 0 saturated heterocycles. The highest BCUT2D eigenvalue weighted by molar-refractivity contribution is 5.89. The van der Waals surface area contributed by atoms with Gasteiger partial charge in [0.25, 0.3) is 0 Å². The van der Waals surface area contributed by atoms with Gasteiger partial charge in [0.15, 0.2) is 0 Å². The van der Waals surface area contributed by atoms with Gasteiger partial charge in [-0.3, -0.25) is 4.98 Å². The first-order chi connectivity index (χ1) is 10.5. The van der Waals surface area contributed by atoms with Crippen LogP contribution in [0, 0.1) is 0 Å². The minimum atomic E-state index is -4.59. The van der Waals surface area contributed by atoms with Gasteiger partial charge < -0.3 is 5.32 Å². The Morgan fingerprint density at radius 2 is 1.68 bits per heavy atom. The Balaban J connectivity index is 1.99. The number of pyridine rings is 1. The van der Waals surface area contributed by atoms with Gasteiger partial charge in [-0.25, -0.2) is 9.97 Å². The molecule has 0 atom stereocenters. The Kier molecular flexibility index (Phi) is 3.62. The second kappa shape index (κ2) is 5.59. The molecular formula is C15H11F3N4. The number of hydrogen-bond donors (Lipinski definition) is 1. The summed E-state index contributed by atoms with van der Waals surface area (Å²) in [7, 11) is 0. The highest BCUT2D eigenvalue weighted by Gasteiger charge is 2.35. The number of anilines is 1. The van der Waals surface area contributed by atoms with Crippen LogP contribution < -0.4 is 5.32 Å². The van der Waals surface area contributed by atoms with Gasteiger partial charge in [0.2, 0.25) is 5.82 Å². The first-order valence-electron chi connectivity index (χ1n) is 6.51. The lowest BCUT2D eigenvalue weighted by Gasteiger charge is -2.12. The lowest BCUT2D eigenvalue weighted by Crippen LogP contribution is -2.13. The zero-order valence-corrected chi connectivity index (χ0v) is 11.3. The molecule has 0 spiro atoms. The van der Waals surface area contributed by atoms with Crippen molar-refractivity contribution in [1.29, 1.82) is 0 Å². The fourth-order valence-electron chi connectivity index (χ4n) is 2.02. The minimum absolute atomic E-state index is 0.162. The van der Waals surface area contributed by atoms with Crippen LogP contribution in [0.25, 0.3) is 10.9 Å². The maximum absolute atomic E-state index is 12.9. The lowest BCUT2D eigenvalue weighted by atomic mass is 10.2. The maximum atomic E-state index is 12.9. The van der Waals surface area contributed by atoms with E-state index < -0.39 is 12.0 Å². The number of alkyl halides is 3. The summed E-state index contributed by atoms with van der Waals surface area (Å²) >= 11 is 0. The fourth-order valence-corrected chi connectivity index (χ4v) is 2.02. The molecule has 7 heteroatoms. The molecule has 22 heavy (non-hydrogen) atoms. The molecule has 1 N–H and O–H groups in total. The second-order valence-corrected chi connectivity index (χ2v) is 4.62. The smallest absolute Gasteiger partial charge is 0.365 e. The number of nitrogens with one attached hydrogen (secondary N) is 1. The summed E-state index contributed by atoms with van der Waals surface area (Å²) in [5.41, 5.74) is 1.15. The molecule has 112 valence electrons. The lowest BCUT2D eigenvalue weighted by molar-refractivity contribution is -0.144. The molecule has 2 heterocycles. The molecule has 0 aliphatic rings. The summed E-state index contributed by atoms with van der Waals surface area (Å²) in [5.74, 6) is -0.988. The van der Waals surface area contributed by atoms with Crippen LogP contribution in [-0.4, -0.2) is 15.0 Å². The summed E-state index contributed by atoms with van der Waals surface area (Å²) < 4.78 is 38.7. The van der Waals surface area contributed by atoms with Crippen molar-refractivity contribution in [3.8, 4) is 0 Å². The van der Waals surface area contributed by atoms with Gasteiger partial charge in [-0.15, -0.1) is 0 Å². The Hall–Kier alpha value is -2.70. The van der Waals surface area contributed by atoms with Crippen LogP contribution in [-0.2, 0) is 12.7 Å². The van der Waals surface area contributed by atoms with Gasteiger partial charge in [0.1, 0.15) is 5.82 Å². The predicted molar refractivity (Wildman–Crippen MR) is 76.1 cm³/mol. The van der Waals surface area contributed by atoms with Gasteiger partial charge in [0.05, 0.1) is 5.52 Å². The van der Waals surface area contributed by atoms with E-state index in [0.717, 1.165) is 5.56 Å². The van der Waals surface area contributed by atoms with Crippen LogP contribution in [0.2, 0.25) is 0 Å². The average molecular weight is 304 g/mol. The number of benzene rings is 1. The van der Waals surface area contributed by atoms with Crippen LogP contribution in [0.5, 0.6) is 0 Å². The van der Waals surface area contributed by atoms with E-state index in [4.69, 9.17) is 0 Å². The molecular weight excluding hydrogens is 293 g/mol. The van der Waals surface area contributed by atoms with E-state index in [1.165, 1.54) is 6.07 Å². The molecule has 1 aromatic carbocycles. The number of hydrogen-bond acceptors (Lipinski definition) is 4. The number of fused-ring (bicyclic) bond motifs is 1. The minimum Gasteiger partial charge on any atom is -0.365 e. The third-order valence-corrected chi connectivity index (χ3v) is 3.07. The molecule has 3 rings (SSSR count). The van der Waals surface area contributed by atoms with Gasteiger partial charge in [-0.2, -0.15) is 13.2 Å².